The van der Waals surface area contributed by atoms with Crippen LogP contribution in [0.3, 0.4) is 0 Å². The van der Waals surface area contributed by atoms with Crippen LogP contribution < -0.4 is 65.9 Å². The number of aromatic hydroxyl groups is 1. The third-order valence-corrected chi connectivity index (χ3v) is 10.4. The van der Waals surface area contributed by atoms with Gasteiger partial charge in [0, 0.05) is 12.8 Å². The number of carbonyl (C=O) groups excluding carboxylic acids is 9. The molecule has 26 nitrogen and oxygen atoms in total. The normalized spacial score (nSPS) is 15.1. The zero-order chi connectivity index (χ0) is 51.7. The molecule has 0 heterocycles. The van der Waals surface area contributed by atoms with E-state index < -0.39 is 145 Å². The van der Waals surface area contributed by atoms with Crippen LogP contribution in [0.2, 0.25) is 0 Å². The predicted molar refractivity (Wildman–Crippen MR) is 240 cm³/mol. The number of hydrogen-bond donors (Lipinski definition) is 16. The molecule has 0 unspecified atom stereocenters. The van der Waals surface area contributed by atoms with Crippen molar-refractivity contribution in [3.63, 3.8) is 0 Å². The number of phenolic OH excluding ortho intramolecular Hbond substituents is 1. The van der Waals surface area contributed by atoms with Crippen molar-refractivity contribution in [3.05, 3.63) is 29.8 Å². The topological polar surface area (TPSA) is 469 Å². The summed E-state index contributed by atoms with van der Waals surface area (Å²) in [5, 5.41) is 56.2. The van der Waals surface area contributed by atoms with Gasteiger partial charge in [0.05, 0.1) is 38.3 Å². The lowest BCUT2D eigenvalue weighted by Gasteiger charge is -2.28. The first-order chi connectivity index (χ1) is 31.9. The molecular weight excluding hydrogens is 897 g/mol. The minimum atomic E-state index is -1.85. The number of hydrogen-bond acceptors (Lipinski definition) is 14. The number of aliphatic carboxylic acids is 1. The van der Waals surface area contributed by atoms with Crippen LogP contribution >= 0.6 is 0 Å². The second-order valence-electron chi connectivity index (χ2n) is 16.6. The summed E-state index contributed by atoms with van der Waals surface area (Å²) in [7, 11) is 0. The van der Waals surface area contributed by atoms with Crippen LogP contribution in [0.4, 0.5) is 0 Å². The molecule has 0 radical (unpaired) electrons. The van der Waals surface area contributed by atoms with Gasteiger partial charge in [0.2, 0.25) is 53.2 Å². The Hall–Kier alpha value is -6.48. The Labute approximate surface area is 393 Å². The molecular formula is C42H72N12O14+2. The fraction of sp³-hybridized carbons (Fsp3) is 0.619. The molecule has 0 aliphatic carbocycles. The molecule has 9 atom stereocenters. The van der Waals surface area contributed by atoms with Crippen LogP contribution in [-0.2, 0) is 54.4 Å². The number of phenols is 1. The van der Waals surface area contributed by atoms with Crippen molar-refractivity contribution < 1.29 is 79.8 Å². The fourth-order valence-electron chi connectivity index (χ4n) is 6.49. The van der Waals surface area contributed by atoms with E-state index in [-0.39, 0.29) is 25.0 Å². The van der Waals surface area contributed by atoms with Crippen molar-refractivity contribution >= 4 is 59.1 Å². The minimum Gasteiger partial charge on any atom is -0.508 e. The number of amides is 9. The van der Waals surface area contributed by atoms with E-state index in [9.17, 15) is 68.4 Å². The van der Waals surface area contributed by atoms with E-state index in [1.807, 2.05) is 0 Å². The van der Waals surface area contributed by atoms with Gasteiger partial charge in [-0.05, 0) is 75.5 Å². The molecule has 26 heteroatoms. The van der Waals surface area contributed by atoms with E-state index in [1.54, 1.807) is 0 Å². The van der Waals surface area contributed by atoms with E-state index in [1.165, 1.54) is 38.1 Å². The van der Waals surface area contributed by atoms with Crippen molar-refractivity contribution in [2.24, 2.45) is 23.1 Å². The SMILES string of the molecule is CC(C)[C@H](NC(=O)[C@H](CO)NC(=O)[C@@H](NC(=O)[C@H](CCC(N)=O)NC(=O)[C@H](CCCC[NH3+])NC(=O)[C@H](Cc1ccc(O)cc1)NC(=O)[C@H](CC(N)=O)NC(=O)[C@@H](N)CCCC[NH3+])[C@@H](C)O)C(=O)O. The average Bonchev–Trinajstić information content (AvgIpc) is 3.26. The van der Waals surface area contributed by atoms with Gasteiger partial charge in [0.25, 0.3) is 0 Å². The summed E-state index contributed by atoms with van der Waals surface area (Å²) in [6.07, 6.45) is -1.36. The van der Waals surface area contributed by atoms with E-state index in [2.05, 4.69) is 48.7 Å². The highest BCUT2D eigenvalue weighted by Gasteiger charge is 2.36. The van der Waals surface area contributed by atoms with E-state index in [4.69, 9.17) is 17.2 Å². The minimum absolute atomic E-state index is 0.0632. The third kappa shape index (κ3) is 21.9. The lowest BCUT2D eigenvalue weighted by atomic mass is 10.0. The fourth-order valence-corrected chi connectivity index (χ4v) is 6.49. The summed E-state index contributed by atoms with van der Waals surface area (Å²) in [4.78, 5) is 130. The standard InChI is InChI=1S/C42H70N12O14/c1-21(2)33(42(67)68)53-40(65)30(20-55)52-41(66)34(22(3)56)54-37(62)27(14-15-31(46)58)49-36(61)26(9-5-7-17-44)48-38(63)28(18-23-10-12-24(57)13-11-23)51-39(64)29(19-32(47)59)50-35(60)25(45)8-4-6-16-43/h10-13,21-22,25-30,33-34,55-57H,4-9,14-20,43-45H2,1-3H3,(H2,46,58)(H2,47,59)(H,48,63)(H,49,61)(H,50,60)(H,51,64)(H,52,66)(H,53,65)(H,54,62)(H,67,68)/p+2/t22-,25+,26+,27+,28+,29+,30+,33+,34+/m1/s1. The summed E-state index contributed by atoms with van der Waals surface area (Å²) >= 11 is 0. The number of nitrogens with one attached hydrogen (secondary N) is 7. The number of carbonyl (C=O) groups is 10. The molecule has 0 spiro atoms. The molecule has 68 heavy (non-hydrogen) atoms. The number of carboxylic acids is 1. The van der Waals surface area contributed by atoms with Crippen molar-refractivity contribution in [1.82, 2.24) is 37.2 Å². The molecule has 9 amide bonds. The van der Waals surface area contributed by atoms with Crippen LogP contribution in [0.5, 0.6) is 5.75 Å². The molecule has 0 aliphatic rings. The van der Waals surface area contributed by atoms with Crippen molar-refractivity contribution in [2.45, 2.75) is 139 Å². The first kappa shape index (κ1) is 59.5. The number of rotatable bonds is 33. The summed E-state index contributed by atoms with van der Waals surface area (Å²) in [5.41, 5.74) is 24.7. The maximum absolute atomic E-state index is 14.2. The molecule has 23 N–H and O–H groups in total. The van der Waals surface area contributed by atoms with Crippen LogP contribution in [0.1, 0.15) is 84.1 Å². The van der Waals surface area contributed by atoms with Crippen LogP contribution in [0.25, 0.3) is 0 Å². The van der Waals surface area contributed by atoms with Gasteiger partial charge in [-0.15, -0.1) is 0 Å². The number of carboxylic acid groups (broad SMARTS) is 1. The van der Waals surface area contributed by atoms with Gasteiger partial charge in [-0.1, -0.05) is 26.0 Å². The van der Waals surface area contributed by atoms with Gasteiger partial charge in [-0.25, -0.2) is 4.79 Å². The molecule has 0 aliphatic heterocycles. The molecule has 0 saturated heterocycles. The Bertz CT molecular complexity index is 1870. The smallest absolute Gasteiger partial charge is 0.326 e. The van der Waals surface area contributed by atoms with Gasteiger partial charge in [-0.2, -0.15) is 0 Å². The molecule has 1 aromatic carbocycles. The number of benzene rings is 1. The second-order valence-corrected chi connectivity index (χ2v) is 16.6. The van der Waals surface area contributed by atoms with Gasteiger partial charge < -0.3 is 86.3 Å². The third-order valence-electron chi connectivity index (χ3n) is 10.4. The Morgan fingerprint density at radius 2 is 1.03 bits per heavy atom. The van der Waals surface area contributed by atoms with Crippen LogP contribution in [-0.4, -0.2) is 154 Å². The van der Waals surface area contributed by atoms with Crippen LogP contribution in [0.15, 0.2) is 24.3 Å². The zero-order valence-corrected chi connectivity index (χ0v) is 38.8. The monoisotopic (exact) mass is 969 g/mol. The molecule has 382 valence electrons. The summed E-state index contributed by atoms with van der Waals surface area (Å²) in [6, 6.07) is -6.69. The lowest BCUT2D eigenvalue weighted by molar-refractivity contribution is -0.368. The van der Waals surface area contributed by atoms with Crippen molar-refractivity contribution in [2.75, 3.05) is 19.7 Å². The molecule has 1 rings (SSSR count). The quantitative estimate of drug-likeness (QED) is 0.0291. The van der Waals surface area contributed by atoms with Gasteiger partial charge >= 0.3 is 5.97 Å². The number of quaternary nitrogens is 2. The van der Waals surface area contributed by atoms with Gasteiger partial charge in [0.1, 0.15) is 48.0 Å². The number of aliphatic hydroxyl groups excluding tert-OH is 2. The number of nitrogens with two attached hydrogens (primary N) is 3. The number of unbranched alkanes of at least 4 members (excludes halogenated alkanes) is 2. The Balaban J connectivity index is 3.51. The summed E-state index contributed by atoms with van der Waals surface area (Å²) in [6.45, 7) is 4.13. The van der Waals surface area contributed by atoms with Crippen molar-refractivity contribution in [3.8, 4) is 5.75 Å². The van der Waals surface area contributed by atoms with E-state index in [0.29, 0.717) is 44.3 Å². The van der Waals surface area contributed by atoms with Gasteiger partial charge in [0.15, 0.2) is 0 Å². The Morgan fingerprint density at radius 3 is 1.53 bits per heavy atom. The van der Waals surface area contributed by atoms with Gasteiger partial charge in [-0.3, -0.25) is 43.2 Å². The Morgan fingerprint density at radius 1 is 0.574 bits per heavy atom. The average molecular weight is 969 g/mol. The largest absolute Gasteiger partial charge is 0.508 e. The lowest BCUT2D eigenvalue weighted by Crippen LogP contribution is -2.62. The molecule has 0 saturated carbocycles. The number of primary amides is 2. The van der Waals surface area contributed by atoms with E-state index in [0.717, 1.165) is 6.92 Å². The maximum Gasteiger partial charge on any atom is 0.326 e. The molecule has 0 bridgehead atoms. The maximum atomic E-state index is 14.2. The second kappa shape index (κ2) is 30.7. The molecule has 0 aromatic heterocycles. The predicted octanol–water partition coefficient (Wildman–Crippen LogP) is -7.27. The molecule has 0 fully saturated rings. The van der Waals surface area contributed by atoms with Crippen molar-refractivity contribution in [1.29, 1.82) is 0 Å². The summed E-state index contributed by atoms with van der Waals surface area (Å²) < 4.78 is 0. The Kier molecular flexibility index (Phi) is 26.9. The summed E-state index contributed by atoms with van der Waals surface area (Å²) in [5.74, 6) is -11.1. The highest BCUT2D eigenvalue weighted by molar-refractivity contribution is 5.98. The molecule has 1 aromatic rings. The highest BCUT2D eigenvalue weighted by Crippen LogP contribution is 2.13. The number of aliphatic hydroxyl groups is 2. The first-order valence-electron chi connectivity index (χ1n) is 22.3. The first-order valence-corrected chi connectivity index (χ1v) is 22.3. The van der Waals surface area contributed by atoms with Crippen LogP contribution in [0, 0.1) is 5.92 Å². The van der Waals surface area contributed by atoms with E-state index >= 15 is 0 Å². The highest BCUT2D eigenvalue weighted by atomic mass is 16.4. The zero-order valence-electron chi connectivity index (χ0n) is 38.8.